The second kappa shape index (κ2) is 6.64. The minimum absolute atomic E-state index is 0.117. The second-order valence-electron chi connectivity index (χ2n) is 6.16. The van der Waals surface area contributed by atoms with Crippen LogP contribution in [0.25, 0.3) is 20.2 Å². The van der Waals surface area contributed by atoms with E-state index in [1.165, 1.54) is 34.9 Å². The number of fused-ring (bicyclic) bond motifs is 3. The van der Waals surface area contributed by atoms with Crippen LogP contribution < -0.4 is 0 Å². The average molecular weight is 370 g/mol. The molecule has 0 saturated heterocycles. The molecule has 0 atom stereocenters. The largest absolute Gasteiger partial charge is 0.175 e. The van der Waals surface area contributed by atoms with Crippen molar-refractivity contribution in [3.8, 4) is 0 Å². The summed E-state index contributed by atoms with van der Waals surface area (Å²) in [6.45, 7) is 0. The first-order chi connectivity index (χ1) is 12.9. The van der Waals surface area contributed by atoms with Gasteiger partial charge < -0.3 is 0 Å². The molecule has 0 spiro atoms. The van der Waals surface area contributed by atoms with Crippen molar-refractivity contribution < 1.29 is 0 Å². The summed E-state index contributed by atoms with van der Waals surface area (Å²) in [5.74, 6) is 0. The Labute approximate surface area is 160 Å². The molecule has 0 aliphatic heterocycles. The van der Waals surface area contributed by atoms with Crippen LogP contribution in [0.4, 0.5) is 0 Å². The second-order valence-corrected chi connectivity index (χ2v) is 9.24. The van der Waals surface area contributed by atoms with Crippen LogP contribution in [0, 0.1) is 0 Å². The predicted octanol–water partition coefficient (Wildman–Crippen LogP) is 7.15. The number of thiophene rings is 1. The van der Waals surface area contributed by atoms with E-state index in [2.05, 4.69) is 103 Å². The van der Waals surface area contributed by atoms with Gasteiger partial charge in [-0.05, 0) is 42.5 Å². The molecule has 5 aromatic rings. The number of rotatable bonds is 3. The van der Waals surface area contributed by atoms with Crippen molar-refractivity contribution in [2.45, 2.75) is 14.7 Å². The molecule has 0 unspecified atom stereocenters. The smallest absolute Gasteiger partial charge is 0.135 e. The van der Waals surface area contributed by atoms with Gasteiger partial charge in [0.2, 0.25) is 0 Å². The lowest BCUT2D eigenvalue weighted by atomic mass is 10.1. The van der Waals surface area contributed by atoms with Crippen LogP contribution >= 0.6 is 11.3 Å². The lowest BCUT2D eigenvalue weighted by Gasteiger charge is -2.09. The molecule has 1 aromatic heterocycles. The van der Waals surface area contributed by atoms with Gasteiger partial charge in [-0.25, -0.2) is 0 Å². The van der Waals surface area contributed by atoms with Crippen LogP contribution in [-0.2, 0) is 10.9 Å². The first-order valence-corrected chi connectivity index (χ1v) is 10.7. The molecular formula is C24H17S2+. The minimum atomic E-state index is -0.117. The Morgan fingerprint density at radius 3 is 1.77 bits per heavy atom. The average Bonchev–Trinajstić information content (AvgIpc) is 3.09. The molecule has 0 saturated carbocycles. The number of benzene rings is 4. The van der Waals surface area contributed by atoms with Gasteiger partial charge in [-0.1, -0.05) is 60.7 Å². The van der Waals surface area contributed by atoms with Crippen molar-refractivity contribution >= 4 is 42.4 Å². The fraction of sp³-hybridized carbons (Fsp3) is 0. The van der Waals surface area contributed by atoms with E-state index in [-0.39, 0.29) is 10.9 Å². The lowest BCUT2D eigenvalue weighted by molar-refractivity contribution is 1.34. The molecule has 5 rings (SSSR count). The quantitative estimate of drug-likeness (QED) is 0.296. The zero-order chi connectivity index (χ0) is 17.3. The molecule has 1 heterocycles. The third-order valence-electron chi connectivity index (χ3n) is 4.54. The van der Waals surface area contributed by atoms with E-state index < -0.39 is 0 Å². The van der Waals surface area contributed by atoms with Crippen molar-refractivity contribution in [2.75, 3.05) is 0 Å². The third-order valence-corrected chi connectivity index (χ3v) is 7.95. The van der Waals surface area contributed by atoms with Crippen molar-refractivity contribution in [1.29, 1.82) is 0 Å². The Morgan fingerprint density at radius 2 is 1.08 bits per heavy atom. The molecule has 0 fully saturated rings. The summed E-state index contributed by atoms with van der Waals surface area (Å²) in [4.78, 5) is 4.14. The molecule has 0 nitrogen and oxygen atoms in total. The minimum Gasteiger partial charge on any atom is -0.135 e. The van der Waals surface area contributed by atoms with Crippen LogP contribution in [0.15, 0.2) is 118 Å². The first-order valence-electron chi connectivity index (χ1n) is 8.66. The standard InChI is InChI=1S/C24H17S2/c1-3-10-18(11-4-1)26(19-12-5-2-6-13-19)23-17-9-16-22-24(23)20-14-7-8-15-21(20)25-22/h1-17H/q+1. The van der Waals surface area contributed by atoms with Crippen LogP contribution in [0.2, 0.25) is 0 Å². The Balaban J connectivity index is 1.85. The lowest BCUT2D eigenvalue weighted by Crippen LogP contribution is -2.04. The maximum absolute atomic E-state index is 2.31. The molecule has 0 radical (unpaired) electrons. The number of hydrogen-bond donors (Lipinski definition) is 0. The van der Waals surface area contributed by atoms with Gasteiger partial charge in [0.05, 0.1) is 16.3 Å². The molecule has 124 valence electrons. The topological polar surface area (TPSA) is 0 Å². The van der Waals surface area contributed by atoms with E-state index in [0.29, 0.717) is 0 Å². The van der Waals surface area contributed by atoms with Gasteiger partial charge >= 0.3 is 0 Å². The zero-order valence-electron chi connectivity index (χ0n) is 14.1. The van der Waals surface area contributed by atoms with Crippen molar-refractivity contribution in [1.82, 2.24) is 0 Å². The molecule has 26 heavy (non-hydrogen) atoms. The highest BCUT2D eigenvalue weighted by Crippen LogP contribution is 2.41. The van der Waals surface area contributed by atoms with Gasteiger partial charge in [-0.3, -0.25) is 0 Å². The van der Waals surface area contributed by atoms with Gasteiger partial charge in [-0.15, -0.1) is 11.3 Å². The fourth-order valence-electron chi connectivity index (χ4n) is 3.42. The molecule has 0 aliphatic carbocycles. The van der Waals surface area contributed by atoms with E-state index in [1.807, 2.05) is 11.3 Å². The maximum Gasteiger partial charge on any atom is 0.175 e. The third kappa shape index (κ3) is 2.63. The van der Waals surface area contributed by atoms with Gasteiger partial charge in [-0.2, -0.15) is 0 Å². The summed E-state index contributed by atoms with van der Waals surface area (Å²) in [6, 6.07) is 37.3. The Bertz CT molecular complexity index is 1130. The molecule has 0 bridgehead atoms. The summed E-state index contributed by atoms with van der Waals surface area (Å²) in [5, 5.41) is 2.77. The normalized spacial score (nSPS) is 11.4. The summed E-state index contributed by atoms with van der Waals surface area (Å²) in [6.07, 6.45) is 0. The highest BCUT2D eigenvalue weighted by Gasteiger charge is 2.31. The first kappa shape index (κ1) is 15.7. The monoisotopic (exact) mass is 369 g/mol. The maximum atomic E-state index is 2.31. The van der Waals surface area contributed by atoms with Crippen LogP contribution in [0.3, 0.4) is 0 Å². The van der Waals surface area contributed by atoms with Crippen molar-refractivity contribution in [3.63, 3.8) is 0 Å². The summed E-state index contributed by atoms with van der Waals surface area (Å²) < 4.78 is 2.73. The van der Waals surface area contributed by atoms with Gasteiger partial charge in [0.15, 0.2) is 14.7 Å². The summed E-state index contributed by atoms with van der Waals surface area (Å²) in [5.41, 5.74) is 0. The fourth-order valence-corrected chi connectivity index (χ4v) is 6.89. The van der Waals surface area contributed by atoms with E-state index >= 15 is 0 Å². The van der Waals surface area contributed by atoms with Gasteiger partial charge in [0, 0.05) is 14.8 Å². The van der Waals surface area contributed by atoms with Crippen LogP contribution in [-0.4, -0.2) is 0 Å². The highest BCUT2D eigenvalue weighted by atomic mass is 32.2. The predicted molar refractivity (Wildman–Crippen MR) is 114 cm³/mol. The Hall–Kier alpha value is -2.55. The molecule has 0 amide bonds. The van der Waals surface area contributed by atoms with Crippen molar-refractivity contribution in [3.05, 3.63) is 103 Å². The summed E-state index contributed by atoms with van der Waals surface area (Å²) >= 11 is 1.89. The SMILES string of the molecule is c1ccc([S+](c2ccccc2)c2cccc3sc4ccccc4c23)cc1. The van der Waals surface area contributed by atoms with E-state index in [4.69, 9.17) is 0 Å². The summed E-state index contributed by atoms with van der Waals surface area (Å²) in [7, 11) is -0.117. The molecular weight excluding hydrogens is 352 g/mol. The van der Waals surface area contributed by atoms with E-state index in [1.54, 1.807) is 0 Å². The van der Waals surface area contributed by atoms with E-state index in [9.17, 15) is 0 Å². The van der Waals surface area contributed by atoms with Gasteiger partial charge in [0.1, 0.15) is 0 Å². The highest BCUT2D eigenvalue weighted by molar-refractivity contribution is 7.97. The van der Waals surface area contributed by atoms with Crippen LogP contribution in [0.1, 0.15) is 0 Å². The van der Waals surface area contributed by atoms with Gasteiger partial charge in [0.25, 0.3) is 0 Å². The molecule has 0 N–H and O–H groups in total. The Kier molecular flexibility index (Phi) is 4.00. The van der Waals surface area contributed by atoms with Crippen molar-refractivity contribution in [2.24, 2.45) is 0 Å². The molecule has 4 aromatic carbocycles. The zero-order valence-corrected chi connectivity index (χ0v) is 15.8. The Morgan fingerprint density at radius 1 is 0.500 bits per heavy atom. The van der Waals surface area contributed by atoms with E-state index in [0.717, 1.165) is 0 Å². The molecule has 2 heteroatoms. The molecule has 0 aliphatic rings. The number of hydrogen-bond acceptors (Lipinski definition) is 1. The van der Waals surface area contributed by atoms with Crippen LogP contribution in [0.5, 0.6) is 0 Å².